The van der Waals surface area contributed by atoms with Crippen molar-refractivity contribution in [3.8, 4) is 0 Å². The summed E-state index contributed by atoms with van der Waals surface area (Å²) in [7, 11) is 0. The Balaban J connectivity index is 2.63. The molecule has 12 nitrogen and oxygen atoms in total. The Morgan fingerprint density at radius 3 is 1.09 bits per heavy atom. The van der Waals surface area contributed by atoms with Crippen LogP contribution < -0.4 is 0 Å². The van der Waals surface area contributed by atoms with Gasteiger partial charge in [-0.2, -0.15) is 0 Å². The molecular weight excluding hydrogens is 1070 g/mol. The van der Waals surface area contributed by atoms with E-state index in [2.05, 4.69) is 81.5 Å². The SMILES string of the molecule is CCCCC/C=C\C/C=C\C/C=C\CCCCCCCCC(=O)OCC(COC1OC(C(=O)O)C(O)C(O)C1OC(=O)CCCCCCCCCCC/C=C\C/C=C\CCCCC)OC(=O)CCCCCCCCCCCCCCCCCCC. The number of rotatable bonds is 61. The fourth-order valence-corrected chi connectivity index (χ4v) is 10.6. The van der Waals surface area contributed by atoms with Crippen LogP contribution in [0.5, 0.6) is 0 Å². The minimum absolute atomic E-state index is 0.0555. The number of ether oxygens (including phenoxy) is 5. The standard InChI is InChI=1S/C73H128O12/c1-4-7-10-13-16-19-22-25-28-31-33-36-38-41-44-47-50-53-56-59-65(74)81-62-64(83-66(75)60-57-54-51-48-45-42-39-35-30-27-24-21-18-15-12-9-6-3)63-82-73-71(69(78)68(77)70(85-73)72(79)80)84-67(76)61-58-55-52-49-46-43-40-37-34-32-29-26-23-20-17-14-11-8-5-2/h16-17,19-20,25-26,28-29,33,36,64,68-71,73,77-78H,4-15,18,21-24,27,30-32,34-35,37-63H2,1-3H3,(H,79,80)/b19-16-,20-17-,28-25-,29-26-,36-33-. The molecule has 0 aliphatic carbocycles. The third-order valence-corrected chi connectivity index (χ3v) is 16.1. The van der Waals surface area contributed by atoms with E-state index in [4.69, 9.17) is 23.7 Å². The molecule has 3 N–H and O–H groups in total. The smallest absolute Gasteiger partial charge is 0.335 e. The zero-order chi connectivity index (χ0) is 61.7. The zero-order valence-corrected chi connectivity index (χ0v) is 54.6. The van der Waals surface area contributed by atoms with E-state index in [1.165, 1.54) is 161 Å². The van der Waals surface area contributed by atoms with Gasteiger partial charge in [-0.25, -0.2) is 4.79 Å². The molecule has 1 aliphatic rings. The first-order valence-corrected chi connectivity index (χ1v) is 35.3. The van der Waals surface area contributed by atoms with Gasteiger partial charge in [-0.3, -0.25) is 14.4 Å². The number of allylic oxidation sites excluding steroid dienone is 10. The Labute approximate surface area is 519 Å². The van der Waals surface area contributed by atoms with Gasteiger partial charge in [0.05, 0.1) is 6.61 Å². The monoisotopic (exact) mass is 1200 g/mol. The quantitative estimate of drug-likeness (QED) is 0.0228. The molecule has 0 aromatic rings. The van der Waals surface area contributed by atoms with E-state index in [9.17, 15) is 34.5 Å². The van der Waals surface area contributed by atoms with Gasteiger partial charge in [0, 0.05) is 19.3 Å². The van der Waals surface area contributed by atoms with Gasteiger partial charge in [0.25, 0.3) is 0 Å². The van der Waals surface area contributed by atoms with E-state index in [-0.39, 0.29) is 25.9 Å². The van der Waals surface area contributed by atoms with Crippen LogP contribution in [0.1, 0.15) is 329 Å². The van der Waals surface area contributed by atoms with Crippen molar-refractivity contribution in [1.82, 2.24) is 0 Å². The summed E-state index contributed by atoms with van der Waals surface area (Å²) in [6.45, 7) is 5.99. The van der Waals surface area contributed by atoms with Crippen molar-refractivity contribution >= 4 is 23.9 Å². The predicted octanol–water partition coefficient (Wildman–Crippen LogP) is 19.5. The number of carbonyl (C=O) groups is 4. The molecule has 0 amide bonds. The highest BCUT2D eigenvalue weighted by Crippen LogP contribution is 2.27. The Morgan fingerprint density at radius 1 is 0.388 bits per heavy atom. The third kappa shape index (κ3) is 50.0. The Kier molecular flexibility index (Phi) is 56.7. The van der Waals surface area contributed by atoms with Crippen molar-refractivity contribution in [3.63, 3.8) is 0 Å². The normalized spacial score (nSPS) is 17.8. The van der Waals surface area contributed by atoms with Gasteiger partial charge in [0.15, 0.2) is 24.6 Å². The summed E-state index contributed by atoms with van der Waals surface area (Å²) in [6.07, 6.45) is 64.5. The van der Waals surface area contributed by atoms with Gasteiger partial charge in [0.1, 0.15) is 18.8 Å². The van der Waals surface area contributed by atoms with Gasteiger partial charge in [-0.05, 0) is 89.9 Å². The molecule has 1 fully saturated rings. The summed E-state index contributed by atoms with van der Waals surface area (Å²) in [5, 5.41) is 31.7. The van der Waals surface area contributed by atoms with Crippen LogP contribution in [0.25, 0.3) is 0 Å². The molecule has 0 aromatic heterocycles. The van der Waals surface area contributed by atoms with Crippen molar-refractivity contribution in [3.05, 3.63) is 60.8 Å². The molecule has 85 heavy (non-hydrogen) atoms. The van der Waals surface area contributed by atoms with Crippen LogP contribution in [0.15, 0.2) is 60.8 Å². The van der Waals surface area contributed by atoms with Gasteiger partial charge in [0.2, 0.25) is 0 Å². The van der Waals surface area contributed by atoms with E-state index in [0.717, 1.165) is 109 Å². The second-order valence-corrected chi connectivity index (χ2v) is 24.2. The molecule has 1 rings (SSSR count). The predicted molar refractivity (Wildman–Crippen MR) is 349 cm³/mol. The van der Waals surface area contributed by atoms with Crippen molar-refractivity contribution in [2.24, 2.45) is 0 Å². The topological polar surface area (TPSA) is 175 Å². The number of carbonyl (C=O) groups excluding carboxylic acids is 3. The first-order chi connectivity index (χ1) is 41.6. The van der Waals surface area contributed by atoms with Crippen LogP contribution in [0.2, 0.25) is 0 Å². The summed E-state index contributed by atoms with van der Waals surface area (Å²) in [4.78, 5) is 51.5. The van der Waals surface area contributed by atoms with Crippen LogP contribution in [-0.4, -0.2) is 89.2 Å². The Bertz CT molecular complexity index is 1710. The molecule has 0 saturated carbocycles. The number of aliphatic carboxylic acids is 1. The number of carboxylic acid groups (broad SMARTS) is 1. The highest BCUT2D eigenvalue weighted by atomic mass is 16.7. The Morgan fingerprint density at radius 2 is 0.706 bits per heavy atom. The zero-order valence-electron chi connectivity index (χ0n) is 54.6. The fraction of sp³-hybridized carbons (Fsp3) is 0.808. The average molecular weight is 1200 g/mol. The summed E-state index contributed by atoms with van der Waals surface area (Å²) in [5.41, 5.74) is 0. The molecule has 492 valence electrons. The largest absolute Gasteiger partial charge is 0.479 e. The average Bonchev–Trinajstić information content (AvgIpc) is 3.51. The van der Waals surface area contributed by atoms with Crippen molar-refractivity contribution < 1.29 is 58.2 Å². The maximum Gasteiger partial charge on any atom is 0.335 e. The lowest BCUT2D eigenvalue weighted by Gasteiger charge is -2.40. The van der Waals surface area contributed by atoms with E-state index >= 15 is 0 Å². The molecule has 1 heterocycles. The Hall–Kier alpha value is -3.58. The lowest BCUT2D eigenvalue weighted by atomic mass is 9.98. The fourth-order valence-electron chi connectivity index (χ4n) is 10.6. The maximum absolute atomic E-state index is 13.2. The number of esters is 3. The maximum atomic E-state index is 13.2. The van der Waals surface area contributed by atoms with E-state index in [1.807, 2.05) is 0 Å². The van der Waals surface area contributed by atoms with Crippen molar-refractivity contribution in [1.29, 1.82) is 0 Å². The minimum Gasteiger partial charge on any atom is -0.479 e. The molecule has 12 heteroatoms. The summed E-state index contributed by atoms with van der Waals surface area (Å²) in [6, 6.07) is 0. The first-order valence-electron chi connectivity index (χ1n) is 35.3. The highest BCUT2D eigenvalue weighted by molar-refractivity contribution is 5.74. The van der Waals surface area contributed by atoms with Gasteiger partial charge < -0.3 is 39.0 Å². The first kappa shape index (κ1) is 79.4. The summed E-state index contributed by atoms with van der Waals surface area (Å²) >= 11 is 0. The highest BCUT2D eigenvalue weighted by Gasteiger charge is 2.50. The van der Waals surface area contributed by atoms with Crippen molar-refractivity contribution in [2.75, 3.05) is 13.2 Å². The molecule has 1 aliphatic heterocycles. The molecular formula is C73H128O12. The molecule has 0 spiro atoms. The summed E-state index contributed by atoms with van der Waals surface area (Å²) < 4.78 is 28.6. The number of hydrogen-bond donors (Lipinski definition) is 3. The summed E-state index contributed by atoms with van der Waals surface area (Å²) in [5.74, 6) is -3.11. The molecule has 0 radical (unpaired) electrons. The number of hydrogen-bond acceptors (Lipinski definition) is 11. The van der Waals surface area contributed by atoms with Crippen LogP contribution in [0.3, 0.4) is 0 Å². The van der Waals surface area contributed by atoms with E-state index < -0.39 is 67.3 Å². The lowest BCUT2D eigenvalue weighted by molar-refractivity contribution is -0.301. The molecule has 0 bridgehead atoms. The number of aliphatic hydroxyl groups excluding tert-OH is 2. The number of unbranched alkanes of at least 4 members (excludes halogenated alkanes) is 37. The van der Waals surface area contributed by atoms with Gasteiger partial charge in [-0.15, -0.1) is 0 Å². The molecule has 6 atom stereocenters. The number of aliphatic hydroxyl groups is 2. The van der Waals surface area contributed by atoms with Crippen LogP contribution in [-0.2, 0) is 42.9 Å². The van der Waals surface area contributed by atoms with E-state index in [1.54, 1.807) is 0 Å². The minimum atomic E-state index is -1.91. The van der Waals surface area contributed by atoms with Gasteiger partial charge >= 0.3 is 23.9 Å². The van der Waals surface area contributed by atoms with Gasteiger partial charge in [-0.1, -0.05) is 281 Å². The number of carboxylic acids is 1. The van der Waals surface area contributed by atoms with Crippen molar-refractivity contribution in [2.45, 2.75) is 366 Å². The van der Waals surface area contributed by atoms with Crippen LogP contribution in [0.4, 0.5) is 0 Å². The third-order valence-electron chi connectivity index (χ3n) is 16.1. The molecule has 1 saturated heterocycles. The van der Waals surface area contributed by atoms with E-state index in [0.29, 0.717) is 19.3 Å². The second kappa shape index (κ2) is 60.7. The van der Waals surface area contributed by atoms with Crippen LogP contribution >= 0.6 is 0 Å². The second-order valence-electron chi connectivity index (χ2n) is 24.2. The van der Waals surface area contributed by atoms with Crippen LogP contribution in [0, 0.1) is 0 Å². The lowest BCUT2D eigenvalue weighted by Crippen LogP contribution is -2.61. The molecule has 0 aromatic carbocycles. The molecule has 6 unspecified atom stereocenters.